The summed E-state index contributed by atoms with van der Waals surface area (Å²) in [6.07, 6.45) is 5.31. The molecule has 2 heterocycles. The standard InChI is InChI=1S/C22H22FN5/c1-28(2)10-9-25-22-14-24-13-21(27-22)15-7-8-20-17(11-15)18(12-26-20)16-5-3-4-6-19(16)23/h3-8,11-14,26H,9-10H2,1-2H3,(H,25,27). The molecule has 28 heavy (non-hydrogen) atoms. The molecule has 2 aromatic heterocycles. The lowest BCUT2D eigenvalue weighted by atomic mass is 10.0. The SMILES string of the molecule is CN(C)CCNc1cncc(-c2ccc3[nH]cc(-c4ccccc4F)c3c2)n1. The lowest BCUT2D eigenvalue weighted by Gasteiger charge is -2.11. The minimum atomic E-state index is -0.235. The van der Waals surface area contributed by atoms with Crippen molar-refractivity contribution in [2.75, 3.05) is 32.5 Å². The van der Waals surface area contributed by atoms with E-state index < -0.39 is 0 Å². The second kappa shape index (κ2) is 7.78. The number of rotatable bonds is 6. The maximum atomic E-state index is 14.3. The van der Waals surface area contributed by atoms with Gasteiger partial charge in [-0.05, 0) is 32.3 Å². The number of hydrogen-bond acceptors (Lipinski definition) is 4. The Balaban J connectivity index is 1.69. The van der Waals surface area contributed by atoms with Gasteiger partial charge in [0.2, 0.25) is 0 Å². The molecule has 4 rings (SSSR count). The zero-order valence-corrected chi connectivity index (χ0v) is 15.9. The molecule has 6 heteroatoms. The fourth-order valence-corrected chi connectivity index (χ4v) is 3.18. The zero-order chi connectivity index (χ0) is 19.5. The Morgan fingerprint density at radius 1 is 1.07 bits per heavy atom. The summed E-state index contributed by atoms with van der Waals surface area (Å²) in [4.78, 5) is 14.3. The minimum Gasteiger partial charge on any atom is -0.367 e. The van der Waals surface area contributed by atoms with E-state index in [2.05, 4.69) is 25.2 Å². The predicted molar refractivity (Wildman–Crippen MR) is 112 cm³/mol. The number of anilines is 1. The zero-order valence-electron chi connectivity index (χ0n) is 15.9. The second-order valence-electron chi connectivity index (χ2n) is 6.96. The van der Waals surface area contributed by atoms with Crippen molar-refractivity contribution in [2.45, 2.75) is 0 Å². The first-order valence-corrected chi connectivity index (χ1v) is 9.19. The molecule has 0 saturated heterocycles. The first kappa shape index (κ1) is 18.1. The molecule has 0 amide bonds. The van der Waals surface area contributed by atoms with Gasteiger partial charge in [-0.15, -0.1) is 0 Å². The van der Waals surface area contributed by atoms with E-state index in [0.29, 0.717) is 5.56 Å². The maximum absolute atomic E-state index is 14.3. The van der Waals surface area contributed by atoms with Crippen LogP contribution in [-0.2, 0) is 0 Å². The lowest BCUT2D eigenvalue weighted by Crippen LogP contribution is -2.21. The van der Waals surface area contributed by atoms with Crippen molar-refractivity contribution in [1.29, 1.82) is 0 Å². The number of nitrogens with one attached hydrogen (secondary N) is 2. The van der Waals surface area contributed by atoms with Gasteiger partial charge in [0.05, 0.1) is 18.1 Å². The van der Waals surface area contributed by atoms with Gasteiger partial charge >= 0.3 is 0 Å². The normalized spacial score (nSPS) is 11.3. The molecule has 4 aromatic rings. The van der Waals surface area contributed by atoms with Crippen molar-refractivity contribution in [3.8, 4) is 22.4 Å². The molecule has 0 saturated carbocycles. The quantitative estimate of drug-likeness (QED) is 0.524. The number of likely N-dealkylation sites (N-methyl/N-ethyl adjacent to an activating group) is 1. The molecule has 0 fully saturated rings. The Kier molecular flexibility index (Phi) is 5.04. The highest BCUT2D eigenvalue weighted by molar-refractivity contribution is 5.97. The molecule has 0 spiro atoms. The van der Waals surface area contributed by atoms with Crippen LogP contribution >= 0.6 is 0 Å². The summed E-state index contributed by atoms with van der Waals surface area (Å²) in [6.45, 7) is 1.70. The molecule has 2 aromatic carbocycles. The third kappa shape index (κ3) is 3.73. The van der Waals surface area contributed by atoms with Crippen LogP contribution in [0.1, 0.15) is 0 Å². The van der Waals surface area contributed by atoms with Gasteiger partial charge in [0.15, 0.2) is 0 Å². The van der Waals surface area contributed by atoms with E-state index in [-0.39, 0.29) is 5.82 Å². The Morgan fingerprint density at radius 2 is 1.93 bits per heavy atom. The van der Waals surface area contributed by atoms with Gasteiger partial charge in [0.1, 0.15) is 11.6 Å². The summed E-state index contributed by atoms with van der Waals surface area (Å²) < 4.78 is 14.3. The van der Waals surface area contributed by atoms with E-state index in [1.54, 1.807) is 24.5 Å². The molecule has 5 nitrogen and oxygen atoms in total. The highest BCUT2D eigenvalue weighted by atomic mass is 19.1. The first-order chi connectivity index (χ1) is 13.6. The molecular formula is C22H22FN5. The van der Waals surface area contributed by atoms with E-state index in [0.717, 1.165) is 46.6 Å². The molecule has 0 atom stereocenters. The molecule has 0 aliphatic rings. The molecule has 0 unspecified atom stereocenters. The van der Waals surface area contributed by atoms with Crippen LogP contribution in [0.3, 0.4) is 0 Å². The summed E-state index contributed by atoms with van der Waals surface area (Å²) in [6, 6.07) is 12.8. The number of benzene rings is 2. The molecular weight excluding hydrogens is 353 g/mol. The lowest BCUT2D eigenvalue weighted by molar-refractivity contribution is 0.425. The number of aromatic amines is 1. The van der Waals surface area contributed by atoms with Gasteiger partial charge < -0.3 is 15.2 Å². The topological polar surface area (TPSA) is 56.8 Å². The Labute approximate surface area is 163 Å². The van der Waals surface area contributed by atoms with Crippen LogP contribution in [0.5, 0.6) is 0 Å². The maximum Gasteiger partial charge on any atom is 0.145 e. The summed E-state index contributed by atoms with van der Waals surface area (Å²) >= 11 is 0. The van der Waals surface area contributed by atoms with Gasteiger partial charge in [-0.3, -0.25) is 4.98 Å². The van der Waals surface area contributed by atoms with Crippen LogP contribution in [-0.4, -0.2) is 47.0 Å². The molecule has 142 valence electrons. The monoisotopic (exact) mass is 375 g/mol. The van der Waals surface area contributed by atoms with Crippen LogP contribution in [0.25, 0.3) is 33.3 Å². The van der Waals surface area contributed by atoms with Crippen molar-refractivity contribution in [3.63, 3.8) is 0 Å². The van der Waals surface area contributed by atoms with Crippen molar-refractivity contribution < 1.29 is 4.39 Å². The number of nitrogens with zero attached hydrogens (tertiary/aromatic N) is 3. The number of fused-ring (bicyclic) bond motifs is 1. The smallest absolute Gasteiger partial charge is 0.145 e. The average Bonchev–Trinajstić information content (AvgIpc) is 3.11. The highest BCUT2D eigenvalue weighted by Gasteiger charge is 2.12. The van der Waals surface area contributed by atoms with Gasteiger partial charge in [-0.2, -0.15) is 0 Å². The van der Waals surface area contributed by atoms with Crippen molar-refractivity contribution in [3.05, 3.63) is 66.9 Å². The number of aromatic nitrogens is 3. The predicted octanol–water partition coefficient (Wildman–Crippen LogP) is 4.40. The van der Waals surface area contributed by atoms with E-state index in [1.165, 1.54) is 6.07 Å². The van der Waals surface area contributed by atoms with E-state index >= 15 is 0 Å². The summed E-state index contributed by atoms with van der Waals surface area (Å²) in [7, 11) is 4.06. The van der Waals surface area contributed by atoms with Crippen LogP contribution in [0.15, 0.2) is 61.1 Å². The van der Waals surface area contributed by atoms with Gasteiger partial charge in [0.25, 0.3) is 0 Å². The molecule has 0 bridgehead atoms. The largest absolute Gasteiger partial charge is 0.367 e. The Bertz CT molecular complexity index is 1100. The van der Waals surface area contributed by atoms with Crippen molar-refractivity contribution in [2.24, 2.45) is 0 Å². The molecule has 0 radical (unpaired) electrons. The van der Waals surface area contributed by atoms with E-state index in [9.17, 15) is 4.39 Å². The Hall–Kier alpha value is -3.25. The molecule has 0 aliphatic carbocycles. The molecule has 0 aliphatic heterocycles. The summed E-state index contributed by atoms with van der Waals surface area (Å²) in [5.41, 5.74) is 4.08. The van der Waals surface area contributed by atoms with Gasteiger partial charge in [0, 0.05) is 46.9 Å². The van der Waals surface area contributed by atoms with Crippen LogP contribution in [0.4, 0.5) is 10.2 Å². The van der Waals surface area contributed by atoms with Crippen LogP contribution < -0.4 is 5.32 Å². The van der Waals surface area contributed by atoms with Crippen molar-refractivity contribution >= 4 is 16.7 Å². The van der Waals surface area contributed by atoms with Crippen LogP contribution in [0, 0.1) is 5.82 Å². The summed E-state index contributed by atoms with van der Waals surface area (Å²) in [5.74, 6) is 0.503. The number of H-pyrrole nitrogens is 1. The number of halogens is 1. The third-order valence-electron chi connectivity index (χ3n) is 4.64. The van der Waals surface area contributed by atoms with Gasteiger partial charge in [-0.1, -0.05) is 24.3 Å². The van der Waals surface area contributed by atoms with Gasteiger partial charge in [-0.25, -0.2) is 9.37 Å². The highest BCUT2D eigenvalue weighted by Crippen LogP contribution is 2.33. The molecule has 2 N–H and O–H groups in total. The average molecular weight is 375 g/mol. The first-order valence-electron chi connectivity index (χ1n) is 9.19. The second-order valence-corrected chi connectivity index (χ2v) is 6.96. The minimum absolute atomic E-state index is 0.235. The van der Waals surface area contributed by atoms with Crippen LogP contribution in [0.2, 0.25) is 0 Å². The third-order valence-corrected chi connectivity index (χ3v) is 4.64. The van der Waals surface area contributed by atoms with E-state index in [4.69, 9.17) is 0 Å². The summed E-state index contributed by atoms with van der Waals surface area (Å²) in [5, 5.41) is 4.25. The Morgan fingerprint density at radius 3 is 2.75 bits per heavy atom. The number of hydrogen-bond donors (Lipinski definition) is 2. The fraction of sp³-hybridized carbons (Fsp3) is 0.182. The van der Waals surface area contributed by atoms with Crippen molar-refractivity contribution in [1.82, 2.24) is 19.9 Å². The van der Waals surface area contributed by atoms with E-state index in [1.807, 2.05) is 44.6 Å². The fourth-order valence-electron chi connectivity index (χ4n) is 3.18.